The van der Waals surface area contributed by atoms with Gasteiger partial charge >= 0.3 is 0 Å². The van der Waals surface area contributed by atoms with Crippen molar-refractivity contribution >= 4 is 17.5 Å². The third-order valence-electron chi connectivity index (χ3n) is 5.49. The molecule has 8 nitrogen and oxygen atoms in total. The zero-order valence-corrected chi connectivity index (χ0v) is 16.2. The van der Waals surface area contributed by atoms with Crippen LogP contribution < -0.4 is 15.4 Å². The molecule has 1 aromatic heterocycles. The minimum Gasteiger partial charge on any atom is -0.466 e. The van der Waals surface area contributed by atoms with E-state index in [9.17, 15) is 14.7 Å². The highest BCUT2D eigenvalue weighted by Crippen LogP contribution is 2.25. The van der Waals surface area contributed by atoms with Gasteiger partial charge in [0.05, 0.1) is 11.7 Å². The lowest BCUT2D eigenvalue weighted by Crippen LogP contribution is -2.48. The van der Waals surface area contributed by atoms with Crippen molar-refractivity contribution in [2.45, 2.75) is 32.0 Å². The van der Waals surface area contributed by atoms with Gasteiger partial charge < -0.3 is 20.5 Å². The van der Waals surface area contributed by atoms with E-state index in [1.807, 2.05) is 13.0 Å². The SMILES string of the molecule is C[C@@H]([C@H](O)CNC(=O)c1cnc2c(c1)NC(=O)CO2)N1CCc2ccccc2C1. The molecule has 2 atom stereocenters. The summed E-state index contributed by atoms with van der Waals surface area (Å²) in [5.74, 6) is -0.361. The number of rotatable bonds is 5. The monoisotopic (exact) mass is 396 g/mol. The minimum atomic E-state index is -0.710. The Morgan fingerprint density at radius 3 is 3.00 bits per heavy atom. The molecular formula is C21H24N4O4. The van der Waals surface area contributed by atoms with Crippen LogP contribution in [0.15, 0.2) is 36.5 Å². The molecule has 1 aromatic carbocycles. The molecule has 2 aliphatic rings. The maximum absolute atomic E-state index is 12.4. The summed E-state index contributed by atoms with van der Waals surface area (Å²) in [6.07, 6.45) is 1.63. The van der Waals surface area contributed by atoms with Gasteiger partial charge in [-0.1, -0.05) is 24.3 Å². The van der Waals surface area contributed by atoms with Crippen molar-refractivity contribution in [3.63, 3.8) is 0 Å². The number of aliphatic hydroxyl groups is 1. The van der Waals surface area contributed by atoms with E-state index in [1.54, 1.807) is 0 Å². The maximum atomic E-state index is 12.4. The number of carbonyl (C=O) groups is 2. The lowest BCUT2D eigenvalue weighted by atomic mass is 9.98. The van der Waals surface area contributed by atoms with E-state index in [2.05, 4.69) is 38.7 Å². The average molecular weight is 396 g/mol. The average Bonchev–Trinajstić information content (AvgIpc) is 2.75. The zero-order valence-electron chi connectivity index (χ0n) is 16.2. The Morgan fingerprint density at radius 1 is 1.38 bits per heavy atom. The topological polar surface area (TPSA) is 104 Å². The van der Waals surface area contributed by atoms with Crippen LogP contribution in [0.1, 0.15) is 28.4 Å². The smallest absolute Gasteiger partial charge is 0.262 e. The minimum absolute atomic E-state index is 0.0867. The van der Waals surface area contributed by atoms with Crippen LogP contribution in [0, 0.1) is 0 Å². The number of ether oxygens (including phenoxy) is 1. The first-order chi connectivity index (χ1) is 14.0. The van der Waals surface area contributed by atoms with Crippen LogP contribution in [0.5, 0.6) is 5.88 Å². The molecule has 8 heteroatoms. The summed E-state index contributed by atoms with van der Waals surface area (Å²) in [4.78, 5) is 30.2. The van der Waals surface area contributed by atoms with E-state index in [1.165, 1.54) is 23.4 Å². The number of hydrogen-bond acceptors (Lipinski definition) is 6. The molecule has 29 heavy (non-hydrogen) atoms. The number of benzene rings is 1. The molecule has 2 amide bonds. The lowest BCUT2D eigenvalue weighted by molar-refractivity contribution is -0.118. The number of carbonyl (C=O) groups excluding carboxylic acids is 2. The van der Waals surface area contributed by atoms with Crippen molar-refractivity contribution in [1.82, 2.24) is 15.2 Å². The predicted octanol–water partition coefficient (Wildman–Crippen LogP) is 0.950. The first kappa shape index (κ1) is 19.4. The molecule has 0 aliphatic carbocycles. The Balaban J connectivity index is 1.33. The summed E-state index contributed by atoms with van der Waals surface area (Å²) in [6, 6.07) is 9.77. The number of nitrogens with one attached hydrogen (secondary N) is 2. The Kier molecular flexibility index (Phi) is 5.46. The van der Waals surface area contributed by atoms with Gasteiger partial charge in [-0.2, -0.15) is 0 Å². The van der Waals surface area contributed by atoms with E-state index in [0.717, 1.165) is 19.5 Å². The number of hydrogen-bond donors (Lipinski definition) is 3. The first-order valence-corrected chi connectivity index (χ1v) is 9.71. The van der Waals surface area contributed by atoms with Gasteiger partial charge in [0.25, 0.3) is 11.8 Å². The van der Waals surface area contributed by atoms with Gasteiger partial charge in [0.2, 0.25) is 5.88 Å². The molecule has 2 aliphatic heterocycles. The Bertz CT molecular complexity index is 933. The van der Waals surface area contributed by atoms with Crippen LogP contribution >= 0.6 is 0 Å². The summed E-state index contributed by atoms with van der Waals surface area (Å²) < 4.78 is 5.19. The normalized spacial score (nSPS) is 17.9. The highest BCUT2D eigenvalue weighted by molar-refractivity contribution is 5.99. The quantitative estimate of drug-likeness (QED) is 0.695. The molecule has 0 bridgehead atoms. The van der Waals surface area contributed by atoms with Crippen LogP contribution in [-0.2, 0) is 17.8 Å². The second-order valence-corrected chi connectivity index (χ2v) is 7.42. The van der Waals surface area contributed by atoms with Gasteiger partial charge in [-0.25, -0.2) is 4.98 Å². The Labute approximate surface area is 168 Å². The van der Waals surface area contributed by atoms with Gasteiger partial charge in [0.1, 0.15) is 5.69 Å². The summed E-state index contributed by atoms with van der Waals surface area (Å²) in [5.41, 5.74) is 3.30. The summed E-state index contributed by atoms with van der Waals surface area (Å²) in [5, 5.41) is 16.0. The standard InChI is InChI=1S/C21H24N4O4/c1-13(25-7-6-14-4-2-3-5-15(14)11-25)18(26)10-22-20(28)16-8-17-21(23-9-16)29-12-19(27)24-17/h2-5,8-9,13,18,26H,6-7,10-12H2,1H3,(H,22,28)(H,24,27)/t13-,18+/m0/s1. The van der Waals surface area contributed by atoms with E-state index >= 15 is 0 Å². The molecule has 0 unspecified atom stereocenters. The van der Waals surface area contributed by atoms with Crippen molar-refractivity contribution in [2.24, 2.45) is 0 Å². The summed E-state index contributed by atoms with van der Waals surface area (Å²) >= 11 is 0. The first-order valence-electron chi connectivity index (χ1n) is 9.71. The molecule has 2 aromatic rings. The van der Waals surface area contributed by atoms with E-state index in [0.29, 0.717) is 17.1 Å². The van der Waals surface area contributed by atoms with Crippen molar-refractivity contribution in [3.8, 4) is 5.88 Å². The third kappa shape index (κ3) is 4.23. The van der Waals surface area contributed by atoms with Crippen LogP contribution in [0.2, 0.25) is 0 Å². The summed E-state index contributed by atoms with van der Waals surface area (Å²) in [6.45, 7) is 3.67. The Morgan fingerprint density at radius 2 is 2.17 bits per heavy atom. The van der Waals surface area contributed by atoms with Gasteiger partial charge in [0, 0.05) is 31.9 Å². The van der Waals surface area contributed by atoms with Crippen molar-refractivity contribution in [1.29, 1.82) is 0 Å². The van der Waals surface area contributed by atoms with Crippen molar-refractivity contribution in [2.75, 3.05) is 25.0 Å². The van der Waals surface area contributed by atoms with E-state index in [-0.39, 0.29) is 31.0 Å². The molecule has 152 valence electrons. The number of aliphatic hydroxyl groups excluding tert-OH is 1. The van der Waals surface area contributed by atoms with Gasteiger partial charge in [-0.3, -0.25) is 14.5 Å². The molecule has 3 N–H and O–H groups in total. The van der Waals surface area contributed by atoms with Crippen molar-refractivity contribution < 1.29 is 19.4 Å². The molecular weight excluding hydrogens is 372 g/mol. The second-order valence-electron chi connectivity index (χ2n) is 7.42. The molecule has 3 heterocycles. The van der Waals surface area contributed by atoms with Crippen LogP contribution in [0.4, 0.5) is 5.69 Å². The van der Waals surface area contributed by atoms with E-state index < -0.39 is 6.10 Å². The van der Waals surface area contributed by atoms with Crippen LogP contribution in [0.3, 0.4) is 0 Å². The number of pyridine rings is 1. The molecule has 0 saturated heterocycles. The number of nitrogens with zero attached hydrogens (tertiary/aromatic N) is 2. The van der Waals surface area contributed by atoms with E-state index in [4.69, 9.17) is 4.74 Å². The molecule has 0 fully saturated rings. The molecule has 0 saturated carbocycles. The largest absolute Gasteiger partial charge is 0.466 e. The van der Waals surface area contributed by atoms with Crippen LogP contribution in [-0.4, -0.2) is 58.6 Å². The van der Waals surface area contributed by atoms with Crippen LogP contribution in [0.25, 0.3) is 0 Å². The lowest BCUT2D eigenvalue weighted by Gasteiger charge is -2.36. The van der Waals surface area contributed by atoms with Crippen molar-refractivity contribution in [3.05, 3.63) is 53.2 Å². The summed E-state index contributed by atoms with van der Waals surface area (Å²) in [7, 11) is 0. The highest BCUT2D eigenvalue weighted by atomic mass is 16.5. The van der Waals surface area contributed by atoms with Gasteiger partial charge in [-0.15, -0.1) is 0 Å². The predicted molar refractivity (Wildman–Crippen MR) is 107 cm³/mol. The van der Waals surface area contributed by atoms with Gasteiger partial charge in [0.15, 0.2) is 6.61 Å². The number of aromatic nitrogens is 1. The zero-order chi connectivity index (χ0) is 20.4. The van der Waals surface area contributed by atoms with Gasteiger partial charge in [-0.05, 0) is 30.5 Å². The fraction of sp³-hybridized carbons (Fsp3) is 0.381. The number of amides is 2. The maximum Gasteiger partial charge on any atom is 0.262 e. The Hall–Kier alpha value is -2.97. The second kappa shape index (κ2) is 8.18. The highest BCUT2D eigenvalue weighted by Gasteiger charge is 2.26. The molecule has 0 radical (unpaired) electrons. The fourth-order valence-corrected chi connectivity index (χ4v) is 3.68. The molecule has 4 rings (SSSR count). The molecule has 0 spiro atoms. The third-order valence-corrected chi connectivity index (χ3v) is 5.49. The number of fused-ring (bicyclic) bond motifs is 2. The number of anilines is 1. The fourth-order valence-electron chi connectivity index (χ4n) is 3.68.